The van der Waals surface area contributed by atoms with Gasteiger partial charge in [-0.25, -0.2) is 9.37 Å². The Morgan fingerprint density at radius 3 is 2.91 bits per heavy atom. The van der Waals surface area contributed by atoms with Crippen molar-refractivity contribution in [2.75, 3.05) is 7.11 Å². The SMILES string of the molecule is COc1ccc(F)c(Cl)c1[C@H](C)c1c[nH]c2ncc(Br)cc12. The van der Waals surface area contributed by atoms with Gasteiger partial charge in [0.15, 0.2) is 0 Å². The van der Waals surface area contributed by atoms with E-state index in [4.69, 9.17) is 16.3 Å². The van der Waals surface area contributed by atoms with Gasteiger partial charge in [0, 0.05) is 33.7 Å². The first kappa shape index (κ1) is 15.3. The monoisotopic (exact) mass is 382 g/mol. The van der Waals surface area contributed by atoms with Gasteiger partial charge in [0.2, 0.25) is 0 Å². The quantitative estimate of drug-likeness (QED) is 0.668. The van der Waals surface area contributed by atoms with Crippen molar-refractivity contribution in [2.24, 2.45) is 0 Å². The molecule has 114 valence electrons. The summed E-state index contributed by atoms with van der Waals surface area (Å²) in [6, 6.07) is 4.88. The summed E-state index contributed by atoms with van der Waals surface area (Å²) in [5.41, 5.74) is 2.39. The number of benzene rings is 1. The highest BCUT2D eigenvalue weighted by Gasteiger charge is 2.22. The molecule has 2 aromatic heterocycles. The van der Waals surface area contributed by atoms with Crippen LogP contribution in [0.5, 0.6) is 5.75 Å². The van der Waals surface area contributed by atoms with E-state index >= 15 is 0 Å². The number of H-pyrrole nitrogens is 1. The van der Waals surface area contributed by atoms with E-state index in [2.05, 4.69) is 25.9 Å². The van der Waals surface area contributed by atoms with E-state index < -0.39 is 5.82 Å². The van der Waals surface area contributed by atoms with Gasteiger partial charge in [0.05, 0.1) is 12.1 Å². The molecule has 1 N–H and O–H groups in total. The van der Waals surface area contributed by atoms with E-state index in [1.807, 2.05) is 19.2 Å². The minimum atomic E-state index is -0.455. The maximum atomic E-state index is 13.9. The second-order valence-electron chi connectivity index (χ2n) is 4.99. The molecule has 1 aromatic carbocycles. The summed E-state index contributed by atoms with van der Waals surface area (Å²) in [5.74, 6) is -0.0392. The molecule has 0 bridgehead atoms. The summed E-state index contributed by atoms with van der Waals surface area (Å²) in [6.45, 7) is 1.96. The molecule has 2 heterocycles. The maximum absolute atomic E-state index is 13.9. The molecule has 0 aliphatic carbocycles. The number of nitrogens with one attached hydrogen (secondary N) is 1. The lowest BCUT2D eigenvalue weighted by Gasteiger charge is -2.17. The zero-order valence-corrected chi connectivity index (χ0v) is 14.3. The van der Waals surface area contributed by atoms with Gasteiger partial charge in [-0.3, -0.25) is 0 Å². The number of fused-ring (bicyclic) bond motifs is 1. The van der Waals surface area contributed by atoms with Crippen LogP contribution < -0.4 is 4.74 Å². The van der Waals surface area contributed by atoms with E-state index in [1.165, 1.54) is 6.07 Å². The lowest BCUT2D eigenvalue weighted by Crippen LogP contribution is -2.02. The van der Waals surface area contributed by atoms with Crippen LogP contribution in [0, 0.1) is 5.82 Å². The van der Waals surface area contributed by atoms with Gasteiger partial charge in [-0.05, 0) is 39.7 Å². The zero-order chi connectivity index (χ0) is 15.9. The van der Waals surface area contributed by atoms with Gasteiger partial charge in [-0.1, -0.05) is 18.5 Å². The highest BCUT2D eigenvalue weighted by atomic mass is 79.9. The third-order valence-electron chi connectivity index (χ3n) is 3.74. The first-order chi connectivity index (χ1) is 10.5. The number of ether oxygens (including phenoxy) is 1. The Balaban J connectivity index is 2.20. The molecule has 0 aliphatic heterocycles. The highest BCUT2D eigenvalue weighted by Crippen LogP contribution is 2.40. The third kappa shape index (κ3) is 2.48. The van der Waals surface area contributed by atoms with Crippen LogP contribution in [0.2, 0.25) is 5.02 Å². The van der Waals surface area contributed by atoms with Crippen molar-refractivity contribution in [1.29, 1.82) is 0 Å². The molecule has 0 spiro atoms. The lowest BCUT2D eigenvalue weighted by molar-refractivity contribution is 0.407. The van der Waals surface area contributed by atoms with Crippen molar-refractivity contribution < 1.29 is 9.13 Å². The van der Waals surface area contributed by atoms with Crippen LogP contribution in [0.1, 0.15) is 24.0 Å². The summed E-state index contributed by atoms with van der Waals surface area (Å²) in [5, 5.41) is 1.05. The van der Waals surface area contributed by atoms with Gasteiger partial charge in [-0.15, -0.1) is 0 Å². The van der Waals surface area contributed by atoms with Gasteiger partial charge < -0.3 is 9.72 Å². The van der Waals surface area contributed by atoms with E-state index in [0.717, 1.165) is 21.1 Å². The fraction of sp³-hybridized carbons (Fsp3) is 0.188. The van der Waals surface area contributed by atoms with Crippen molar-refractivity contribution in [3.8, 4) is 5.75 Å². The third-order valence-corrected chi connectivity index (χ3v) is 4.56. The zero-order valence-electron chi connectivity index (χ0n) is 12.0. The number of aromatic nitrogens is 2. The number of pyridine rings is 1. The van der Waals surface area contributed by atoms with E-state index in [1.54, 1.807) is 19.4 Å². The van der Waals surface area contributed by atoms with Crippen LogP contribution in [0.15, 0.2) is 35.1 Å². The summed E-state index contributed by atoms with van der Waals surface area (Å²) in [7, 11) is 1.55. The number of nitrogens with zero attached hydrogens (tertiary/aromatic N) is 1. The molecule has 22 heavy (non-hydrogen) atoms. The maximum Gasteiger partial charge on any atom is 0.142 e. The molecule has 0 amide bonds. The van der Waals surface area contributed by atoms with Crippen molar-refractivity contribution in [2.45, 2.75) is 12.8 Å². The minimum absolute atomic E-state index is 0.0872. The molecule has 0 unspecified atom stereocenters. The largest absolute Gasteiger partial charge is 0.496 e. The second kappa shape index (κ2) is 5.89. The van der Waals surface area contributed by atoms with Gasteiger partial charge in [0.25, 0.3) is 0 Å². The van der Waals surface area contributed by atoms with Crippen molar-refractivity contribution >= 4 is 38.6 Å². The Kier molecular flexibility index (Phi) is 4.10. The van der Waals surface area contributed by atoms with Crippen LogP contribution in [0.4, 0.5) is 4.39 Å². The van der Waals surface area contributed by atoms with Crippen LogP contribution in [-0.2, 0) is 0 Å². The molecule has 0 fully saturated rings. The molecule has 3 nitrogen and oxygen atoms in total. The Hall–Kier alpha value is -1.59. The number of aromatic amines is 1. The van der Waals surface area contributed by atoms with Crippen molar-refractivity contribution in [1.82, 2.24) is 9.97 Å². The summed E-state index contributed by atoms with van der Waals surface area (Å²) >= 11 is 9.60. The molecule has 3 aromatic rings. The molecule has 1 atom stereocenters. The molecule has 6 heteroatoms. The minimum Gasteiger partial charge on any atom is -0.496 e. The fourth-order valence-corrected chi connectivity index (χ4v) is 3.29. The first-order valence-corrected chi connectivity index (χ1v) is 7.84. The number of rotatable bonds is 3. The summed E-state index contributed by atoms with van der Waals surface area (Å²) < 4.78 is 20.1. The van der Waals surface area contributed by atoms with Gasteiger partial charge >= 0.3 is 0 Å². The standard InChI is InChI=1S/C16H13BrClFN2O/c1-8(14-13(22-2)4-3-12(19)15(14)18)11-7-21-16-10(11)5-9(17)6-20-16/h3-8H,1-2H3,(H,20,21)/t8-/m1/s1. The predicted molar refractivity (Wildman–Crippen MR) is 89.3 cm³/mol. The molecule has 0 saturated carbocycles. The summed E-state index contributed by atoms with van der Waals surface area (Å²) in [6.07, 6.45) is 3.60. The van der Waals surface area contributed by atoms with Crippen LogP contribution in [0.25, 0.3) is 11.0 Å². The molecule has 0 radical (unpaired) electrons. The topological polar surface area (TPSA) is 37.9 Å². The predicted octanol–water partition coefficient (Wildman–Crippen LogP) is 5.28. The number of halogens is 3. The molecule has 3 rings (SSSR count). The first-order valence-electron chi connectivity index (χ1n) is 6.67. The molecular formula is C16H13BrClFN2O. The summed E-state index contributed by atoms with van der Waals surface area (Å²) in [4.78, 5) is 7.45. The average Bonchev–Trinajstić information content (AvgIpc) is 2.92. The molecule has 0 saturated heterocycles. The molecular weight excluding hydrogens is 371 g/mol. The normalized spacial score (nSPS) is 12.6. The van der Waals surface area contributed by atoms with Crippen LogP contribution in [-0.4, -0.2) is 17.1 Å². The Labute approximate surface area is 140 Å². The van der Waals surface area contributed by atoms with E-state index in [9.17, 15) is 4.39 Å². The molecule has 0 aliphatic rings. The fourth-order valence-electron chi connectivity index (χ4n) is 2.64. The van der Waals surface area contributed by atoms with E-state index in [-0.39, 0.29) is 10.9 Å². The van der Waals surface area contributed by atoms with Gasteiger partial charge in [0.1, 0.15) is 17.2 Å². The highest BCUT2D eigenvalue weighted by molar-refractivity contribution is 9.10. The smallest absolute Gasteiger partial charge is 0.142 e. The number of methoxy groups -OCH3 is 1. The van der Waals surface area contributed by atoms with Crippen LogP contribution >= 0.6 is 27.5 Å². The van der Waals surface area contributed by atoms with E-state index in [0.29, 0.717) is 11.3 Å². The number of hydrogen-bond acceptors (Lipinski definition) is 2. The number of hydrogen-bond donors (Lipinski definition) is 1. The Morgan fingerprint density at radius 1 is 1.41 bits per heavy atom. The Morgan fingerprint density at radius 2 is 2.18 bits per heavy atom. The van der Waals surface area contributed by atoms with Crippen molar-refractivity contribution in [3.05, 3.63) is 57.0 Å². The van der Waals surface area contributed by atoms with Crippen molar-refractivity contribution in [3.63, 3.8) is 0 Å². The van der Waals surface area contributed by atoms with Gasteiger partial charge in [-0.2, -0.15) is 0 Å². The Bertz CT molecular complexity index is 850. The second-order valence-corrected chi connectivity index (χ2v) is 6.29. The average molecular weight is 384 g/mol. The van der Waals surface area contributed by atoms with Crippen LogP contribution in [0.3, 0.4) is 0 Å². The lowest BCUT2D eigenvalue weighted by atomic mass is 9.92.